The number of rotatable bonds is 10. The minimum Gasteiger partial charge on any atom is -0.497 e. The summed E-state index contributed by atoms with van der Waals surface area (Å²) in [5.41, 5.74) is 1.74. The molecule has 28 heavy (non-hydrogen) atoms. The van der Waals surface area contributed by atoms with Crippen LogP contribution in [0.2, 0.25) is 0 Å². The Morgan fingerprint density at radius 1 is 1.07 bits per heavy atom. The van der Waals surface area contributed by atoms with Crippen molar-refractivity contribution in [3.8, 4) is 11.5 Å². The summed E-state index contributed by atoms with van der Waals surface area (Å²) in [6.45, 7) is 2.24. The maximum absolute atomic E-state index is 12.2. The van der Waals surface area contributed by atoms with Crippen molar-refractivity contribution in [1.29, 1.82) is 0 Å². The fraction of sp³-hybridized carbons (Fsp3) is 0.364. The maximum Gasteiger partial charge on any atom is 0.258 e. The van der Waals surface area contributed by atoms with Gasteiger partial charge in [-0.15, -0.1) is 0 Å². The normalized spacial score (nSPS) is 11.8. The predicted molar refractivity (Wildman–Crippen MR) is 108 cm³/mol. The number of ketones is 1. The quantitative estimate of drug-likeness (QED) is 0.611. The van der Waals surface area contributed by atoms with Crippen LogP contribution in [-0.2, 0) is 4.79 Å². The van der Waals surface area contributed by atoms with Crippen molar-refractivity contribution in [2.45, 2.75) is 19.4 Å². The smallest absolute Gasteiger partial charge is 0.258 e. The molecule has 0 saturated carbocycles. The highest BCUT2D eigenvalue weighted by Gasteiger charge is 2.19. The molecule has 0 aromatic heterocycles. The van der Waals surface area contributed by atoms with Crippen LogP contribution in [0.3, 0.4) is 0 Å². The molecule has 0 unspecified atom stereocenters. The highest BCUT2D eigenvalue weighted by Crippen LogP contribution is 2.17. The molecule has 0 saturated heterocycles. The van der Waals surface area contributed by atoms with Crippen LogP contribution in [-0.4, -0.2) is 46.0 Å². The number of carbonyl (C=O) groups excluding carboxylic acids is 2. The van der Waals surface area contributed by atoms with Gasteiger partial charge in [0.05, 0.1) is 27.7 Å². The molecule has 6 nitrogen and oxygen atoms in total. The Morgan fingerprint density at radius 3 is 2.39 bits per heavy atom. The van der Waals surface area contributed by atoms with Gasteiger partial charge < -0.3 is 19.7 Å². The topological polar surface area (TPSA) is 69.1 Å². The Hall–Kier alpha value is -2.86. The average Bonchev–Trinajstić information content (AvgIpc) is 2.72. The molecule has 1 atom stereocenters. The number of likely N-dealkylation sites (N-methyl/N-ethyl adjacent to an activating group) is 1. The van der Waals surface area contributed by atoms with E-state index in [9.17, 15) is 9.59 Å². The van der Waals surface area contributed by atoms with Gasteiger partial charge in [-0.05, 0) is 36.4 Å². The van der Waals surface area contributed by atoms with E-state index in [1.165, 1.54) is 4.90 Å². The third-order valence-electron chi connectivity index (χ3n) is 4.56. The second kappa shape index (κ2) is 10.5. The number of hydrogen-bond donors (Lipinski definition) is 2. The number of quaternary nitrogens is 1. The molecule has 0 aliphatic heterocycles. The van der Waals surface area contributed by atoms with Gasteiger partial charge in [-0.2, -0.15) is 0 Å². The Labute approximate surface area is 166 Å². The summed E-state index contributed by atoms with van der Waals surface area (Å²) in [5, 5.41) is 2.93. The van der Waals surface area contributed by atoms with Gasteiger partial charge in [-0.3, -0.25) is 9.59 Å². The molecule has 0 bridgehead atoms. The zero-order valence-electron chi connectivity index (χ0n) is 17.0. The molecule has 0 aliphatic rings. The van der Waals surface area contributed by atoms with Crippen molar-refractivity contribution in [2.24, 2.45) is 0 Å². The second-order valence-corrected chi connectivity index (χ2v) is 6.80. The summed E-state index contributed by atoms with van der Waals surface area (Å²) in [5.74, 6) is 1.25. The van der Waals surface area contributed by atoms with Crippen LogP contribution in [0.15, 0.2) is 48.5 Å². The van der Waals surface area contributed by atoms with Crippen LogP contribution in [0.4, 0.5) is 0 Å². The van der Waals surface area contributed by atoms with Crippen molar-refractivity contribution in [3.05, 3.63) is 59.7 Å². The summed E-state index contributed by atoms with van der Waals surface area (Å²) >= 11 is 0. The number of carbonyl (C=O) groups is 2. The van der Waals surface area contributed by atoms with Gasteiger partial charge in [-0.1, -0.05) is 19.1 Å². The summed E-state index contributed by atoms with van der Waals surface area (Å²) in [7, 11) is 5.73. The summed E-state index contributed by atoms with van der Waals surface area (Å²) in [6.07, 6.45) is 0.463. The highest BCUT2D eigenvalue weighted by atomic mass is 16.5. The molecular weight excluding hydrogens is 356 g/mol. The fourth-order valence-electron chi connectivity index (χ4n) is 2.87. The van der Waals surface area contributed by atoms with Crippen molar-refractivity contribution in [1.82, 2.24) is 5.32 Å². The third-order valence-corrected chi connectivity index (χ3v) is 4.56. The van der Waals surface area contributed by atoms with Crippen LogP contribution in [0.25, 0.3) is 0 Å². The van der Waals surface area contributed by atoms with Gasteiger partial charge in [0, 0.05) is 17.5 Å². The van der Waals surface area contributed by atoms with Crippen molar-refractivity contribution in [2.75, 3.05) is 34.4 Å². The Morgan fingerprint density at radius 2 is 1.79 bits per heavy atom. The van der Waals surface area contributed by atoms with E-state index in [1.807, 2.05) is 45.3 Å². The number of hydrogen-bond acceptors (Lipinski definition) is 4. The molecule has 2 N–H and O–H groups in total. The first-order valence-corrected chi connectivity index (χ1v) is 9.41. The van der Waals surface area contributed by atoms with Crippen LogP contribution in [0, 0.1) is 0 Å². The van der Waals surface area contributed by atoms with Gasteiger partial charge in [0.1, 0.15) is 17.5 Å². The van der Waals surface area contributed by atoms with Gasteiger partial charge in [-0.25, -0.2) is 0 Å². The number of nitrogens with one attached hydrogen (secondary N) is 2. The molecular formula is C22H29N2O4+. The molecule has 0 radical (unpaired) electrons. The monoisotopic (exact) mass is 385 g/mol. The van der Waals surface area contributed by atoms with Crippen LogP contribution >= 0.6 is 0 Å². The lowest BCUT2D eigenvalue weighted by molar-refractivity contribution is -0.890. The van der Waals surface area contributed by atoms with Gasteiger partial charge in [0.2, 0.25) is 0 Å². The van der Waals surface area contributed by atoms with Gasteiger partial charge in [0.15, 0.2) is 12.4 Å². The second-order valence-electron chi connectivity index (χ2n) is 6.80. The first kappa shape index (κ1) is 21.4. The fourth-order valence-corrected chi connectivity index (χ4v) is 2.87. The molecule has 6 heteroatoms. The van der Waals surface area contributed by atoms with E-state index in [2.05, 4.69) is 5.32 Å². The predicted octanol–water partition coefficient (Wildman–Crippen LogP) is 1.67. The largest absolute Gasteiger partial charge is 0.497 e. The molecule has 0 heterocycles. The molecule has 150 valence electrons. The van der Waals surface area contributed by atoms with E-state index in [4.69, 9.17) is 9.47 Å². The van der Waals surface area contributed by atoms with E-state index in [0.717, 1.165) is 11.3 Å². The van der Waals surface area contributed by atoms with E-state index < -0.39 is 0 Å². The lowest BCUT2D eigenvalue weighted by Crippen LogP contribution is -3.07. The Bertz CT molecular complexity index is 787. The summed E-state index contributed by atoms with van der Waals surface area (Å²) in [4.78, 5) is 25.0. The summed E-state index contributed by atoms with van der Waals surface area (Å²) in [6, 6.07) is 14.8. The number of Topliss-reactive ketones (excluding diaryl/α,β-unsaturated/α-hetero) is 1. The Balaban J connectivity index is 1.88. The number of amides is 1. The lowest BCUT2D eigenvalue weighted by Gasteiger charge is -2.22. The number of methoxy groups -OCH3 is 1. The van der Waals surface area contributed by atoms with Crippen molar-refractivity contribution >= 4 is 11.7 Å². The lowest BCUT2D eigenvalue weighted by atomic mass is 10.1. The zero-order chi connectivity index (χ0) is 20.5. The highest BCUT2D eigenvalue weighted by molar-refractivity contribution is 5.95. The molecule has 0 aliphatic carbocycles. The number of ether oxygens (including phenoxy) is 2. The van der Waals surface area contributed by atoms with Crippen LogP contribution in [0.5, 0.6) is 11.5 Å². The van der Waals surface area contributed by atoms with E-state index in [0.29, 0.717) is 24.3 Å². The molecule has 2 aromatic carbocycles. The Kier molecular flexibility index (Phi) is 8.02. The van der Waals surface area contributed by atoms with Gasteiger partial charge in [0.25, 0.3) is 5.91 Å². The SMILES string of the molecule is CCC(=O)c1ccc(OCC(=O)NC[C@H](c2cccc(OC)c2)[NH+](C)C)cc1. The van der Waals surface area contributed by atoms with E-state index in [1.54, 1.807) is 31.4 Å². The molecule has 0 fully saturated rings. The average molecular weight is 385 g/mol. The molecule has 1 amide bonds. The van der Waals surface area contributed by atoms with Crippen molar-refractivity contribution < 1.29 is 24.0 Å². The van der Waals surface area contributed by atoms with Crippen LogP contribution < -0.4 is 19.7 Å². The molecule has 2 aromatic rings. The standard InChI is InChI=1S/C22H28N2O4/c1-5-21(25)16-9-11-18(12-10-16)28-15-22(26)23-14-20(24(2)3)17-7-6-8-19(13-17)27-4/h6-13,20H,5,14-15H2,1-4H3,(H,23,26)/p+1/t20-/m1/s1. The minimum absolute atomic E-state index is 0.0747. The molecule has 0 spiro atoms. The zero-order valence-corrected chi connectivity index (χ0v) is 17.0. The molecule has 2 rings (SSSR count). The first-order valence-electron chi connectivity index (χ1n) is 9.41. The van der Waals surface area contributed by atoms with Crippen LogP contribution in [0.1, 0.15) is 35.3 Å². The minimum atomic E-state index is -0.192. The maximum atomic E-state index is 12.2. The summed E-state index contributed by atoms with van der Waals surface area (Å²) < 4.78 is 10.8. The third kappa shape index (κ3) is 6.09. The first-order chi connectivity index (χ1) is 13.4. The van der Waals surface area contributed by atoms with E-state index in [-0.39, 0.29) is 24.3 Å². The van der Waals surface area contributed by atoms with Gasteiger partial charge >= 0.3 is 0 Å². The number of benzene rings is 2. The van der Waals surface area contributed by atoms with E-state index >= 15 is 0 Å². The van der Waals surface area contributed by atoms with Crippen molar-refractivity contribution in [3.63, 3.8) is 0 Å².